The molecular formula is C7H9N2. The van der Waals surface area contributed by atoms with Gasteiger partial charge in [-0.1, -0.05) is 13.3 Å². The van der Waals surface area contributed by atoms with Crippen LogP contribution in [0.4, 0.5) is 0 Å². The van der Waals surface area contributed by atoms with Gasteiger partial charge in [-0.2, -0.15) is 10.2 Å². The largest absolute Gasteiger partial charge is 0.159 e. The lowest BCUT2D eigenvalue weighted by atomic mass is 10.2. The van der Waals surface area contributed by atoms with Gasteiger partial charge in [0, 0.05) is 6.07 Å². The van der Waals surface area contributed by atoms with E-state index in [2.05, 4.69) is 23.2 Å². The maximum absolute atomic E-state index is 3.72. The maximum atomic E-state index is 3.72. The lowest BCUT2D eigenvalue weighted by Crippen LogP contribution is -1.85. The molecular weight excluding hydrogens is 112 g/mol. The summed E-state index contributed by atoms with van der Waals surface area (Å²) in [6, 6.07) is 3.00. The minimum Gasteiger partial charge on any atom is -0.159 e. The van der Waals surface area contributed by atoms with Crippen LogP contribution in [-0.4, -0.2) is 10.2 Å². The second-order valence-electron chi connectivity index (χ2n) is 1.91. The van der Waals surface area contributed by atoms with Gasteiger partial charge in [0.25, 0.3) is 0 Å². The third kappa shape index (κ3) is 1.80. The number of aryl methyl sites for hydroxylation is 1. The highest BCUT2D eigenvalue weighted by molar-refractivity contribution is 5.02. The first-order chi connectivity index (χ1) is 4.43. The van der Waals surface area contributed by atoms with Crippen molar-refractivity contribution in [1.82, 2.24) is 10.2 Å². The molecule has 0 bridgehead atoms. The first-order valence-electron chi connectivity index (χ1n) is 3.10. The Bertz CT molecular complexity index is 160. The van der Waals surface area contributed by atoms with E-state index in [1.165, 1.54) is 0 Å². The third-order valence-electron chi connectivity index (χ3n) is 1.11. The number of rotatable bonds is 2. The van der Waals surface area contributed by atoms with E-state index in [9.17, 15) is 0 Å². The standard InChI is InChI=1S/C7H9N2/c1-2-3-7-4-5-8-9-6-7/h5-6H,2-3H2,1H3. The summed E-state index contributed by atoms with van der Waals surface area (Å²) in [4.78, 5) is 0. The highest BCUT2D eigenvalue weighted by Gasteiger charge is 1.87. The van der Waals surface area contributed by atoms with E-state index in [1.54, 1.807) is 12.4 Å². The van der Waals surface area contributed by atoms with Crippen molar-refractivity contribution in [3.8, 4) is 0 Å². The molecule has 1 radical (unpaired) electrons. The Balaban J connectivity index is 2.61. The van der Waals surface area contributed by atoms with Crippen molar-refractivity contribution in [1.29, 1.82) is 0 Å². The van der Waals surface area contributed by atoms with Gasteiger partial charge in [0.2, 0.25) is 0 Å². The average Bonchev–Trinajstić information content (AvgIpc) is 1.91. The monoisotopic (exact) mass is 121 g/mol. The highest BCUT2D eigenvalue weighted by Crippen LogP contribution is 1.95. The quantitative estimate of drug-likeness (QED) is 0.588. The number of nitrogens with zero attached hydrogens (tertiary/aromatic N) is 2. The molecule has 0 amide bonds. The van der Waals surface area contributed by atoms with Crippen LogP contribution < -0.4 is 0 Å². The predicted molar refractivity (Wildman–Crippen MR) is 34.9 cm³/mol. The summed E-state index contributed by atoms with van der Waals surface area (Å²) in [5.41, 5.74) is 1.15. The average molecular weight is 121 g/mol. The van der Waals surface area contributed by atoms with Gasteiger partial charge in [-0.3, -0.25) is 0 Å². The third-order valence-corrected chi connectivity index (χ3v) is 1.11. The number of aromatic nitrogens is 2. The molecule has 0 saturated heterocycles. The summed E-state index contributed by atoms with van der Waals surface area (Å²) in [6.45, 7) is 2.13. The fraction of sp³-hybridized carbons (Fsp3) is 0.429. The van der Waals surface area contributed by atoms with Gasteiger partial charge in [-0.25, -0.2) is 0 Å². The molecule has 2 nitrogen and oxygen atoms in total. The fourth-order valence-electron chi connectivity index (χ4n) is 0.691. The van der Waals surface area contributed by atoms with Crippen molar-refractivity contribution in [2.75, 3.05) is 0 Å². The highest BCUT2D eigenvalue weighted by atomic mass is 15.1. The minimum absolute atomic E-state index is 1.05. The normalized spacial score (nSPS) is 9.44. The molecule has 0 N–H and O–H groups in total. The van der Waals surface area contributed by atoms with Gasteiger partial charge < -0.3 is 0 Å². The Hall–Kier alpha value is -0.920. The maximum Gasteiger partial charge on any atom is 0.0578 e. The lowest BCUT2D eigenvalue weighted by Gasteiger charge is -1.91. The van der Waals surface area contributed by atoms with Crippen LogP contribution >= 0.6 is 0 Å². The summed E-state index contributed by atoms with van der Waals surface area (Å²) in [7, 11) is 0. The molecule has 0 aliphatic heterocycles. The molecule has 47 valence electrons. The van der Waals surface area contributed by atoms with E-state index in [-0.39, 0.29) is 0 Å². The van der Waals surface area contributed by atoms with E-state index in [1.807, 2.05) is 0 Å². The Morgan fingerprint density at radius 3 is 3.00 bits per heavy atom. The van der Waals surface area contributed by atoms with Crippen LogP contribution in [0.15, 0.2) is 12.4 Å². The first-order valence-corrected chi connectivity index (χ1v) is 3.10. The smallest absolute Gasteiger partial charge is 0.0578 e. The van der Waals surface area contributed by atoms with Crippen molar-refractivity contribution in [2.24, 2.45) is 0 Å². The summed E-state index contributed by atoms with van der Waals surface area (Å²) in [5.74, 6) is 0. The molecule has 0 saturated carbocycles. The van der Waals surface area contributed by atoms with Gasteiger partial charge in [0.15, 0.2) is 0 Å². The van der Waals surface area contributed by atoms with E-state index < -0.39 is 0 Å². The Labute approximate surface area is 54.9 Å². The van der Waals surface area contributed by atoms with E-state index in [4.69, 9.17) is 0 Å². The van der Waals surface area contributed by atoms with Crippen molar-refractivity contribution in [3.63, 3.8) is 0 Å². The van der Waals surface area contributed by atoms with Gasteiger partial charge >= 0.3 is 0 Å². The van der Waals surface area contributed by atoms with E-state index in [0.717, 1.165) is 18.4 Å². The van der Waals surface area contributed by atoms with Crippen LogP contribution in [0.2, 0.25) is 0 Å². The van der Waals surface area contributed by atoms with Crippen LogP contribution in [0.25, 0.3) is 0 Å². The zero-order valence-electron chi connectivity index (χ0n) is 5.46. The van der Waals surface area contributed by atoms with Crippen molar-refractivity contribution >= 4 is 0 Å². The Morgan fingerprint density at radius 1 is 1.56 bits per heavy atom. The van der Waals surface area contributed by atoms with Gasteiger partial charge in [-0.05, 0) is 12.0 Å². The molecule has 0 aliphatic rings. The molecule has 1 heterocycles. The number of hydrogen-bond donors (Lipinski definition) is 0. The fourth-order valence-corrected chi connectivity index (χ4v) is 0.691. The molecule has 1 rings (SSSR count). The Morgan fingerprint density at radius 2 is 2.44 bits per heavy atom. The van der Waals surface area contributed by atoms with Crippen LogP contribution in [0.1, 0.15) is 18.9 Å². The summed E-state index contributed by atoms with van der Waals surface area (Å²) < 4.78 is 0. The van der Waals surface area contributed by atoms with E-state index >= 15 is 0 Å². The van der Waals surface area contributed by atoms with Crippen LogP contribution in [-0.2, 0) is 6.42 Å². The minimum atomic E-state index is 1.05. The molecule has 2 heteroatoms. The second-order valence-corrected chi connectivity index (χ2v) is 1.91. The molecule has 1 aromatic rings. The summed E-state index contributed by atoms with van der Waals surface area (Å²) in [5, 5.41) is 7.34. The Kier molecular flexibility index (Phi) is 2.19. The van der Waals surface area contributed by atoms with E-state index in [0.29, 0.717) is 0 Å². The summed E-state index contributed by atoms with van der Waals surface area (Å²) in [6.07, 6.45) is 5.55. The first kappa shape index (κ1) is 6.20. The summed E-state index contributed by atoms with van der Waals surface area (Å²) >= 11 is 0. The molecule has 1 aromatic heterocycles. The van der Waals surface area contributed by atoms with Crippen molar-refractivity contribution < 1.29 is 0 Å². The number of hydrogen-bond acceptors (Lipinski definition) is 2. The molecule has 0 atom stereocenters. The SMILES string of the molecule is CCCc1[c]cnnc1. The lowest BCUT2D eigenvalue weighted by molar-refractivity contribution is 0.890. The zero-order chi connectivity index (χ0) is 6.53. The van der Waals surface area contributed by atoms with Crippen LogP contribution in [0.5, 0.6) is 0 Å². The van der Waals surface area contributed by atoms with Gasteiger partial charge in [0.05, 0.1) is 12.4 Å². The molecule has 0 unspecified atom stereocenters. The van der Waals surface area contributed by atoms with Crippen LogP contribution in [0.3, 0.4) is 0 Å². The molecule has 0 fully saturated rings. The molecule has 9 heavy (non-hydrogen) atoms. The second kappa shape index (κ2) is 3.17. The molecule has 0 spiro atoms. The van der Waals surface area contributed by atoms with Crippen molar-refractivity contribution in [2.45, 2.75) is 19.8 Å². The van der Waals surface area contributed by atoms with Crippen LogP contribution in [0, 0.1) is 6.07 Å². The topological polar surface area (TPSA) is 25.8 Å². The van der Waals surface area contributed by atoms with Gasteiger partial charge in [-0.15, -0.1) is 0 Å². The van der Waals surface area contributed by atoms with Crippen molar-refractivity contribution in [3.05, 3.63) is 24.0 Å². The predicted octanol–water partition coefficient (Wildman–Crippen LogP) is 1.23. The van der Waals surface area contributed by atoms with Gasteiger partial charge in [0.1, 0.15) is 0 Å². The zero-order valence-corrected chi connectivity index (χ0v) is 5.46. The molecule has 0 aromatic carbocycles. The molecule has 0 aliphatic carbocycles.